The molecule has 0 heterocycles. The first kappa shape index (κ1) is 16.0. The average Bonchev–Trinajstić information content (AvgIpc) is 2.32. The molecule has 0 aliphatic carbocycles. The lowest BCUT2D eigenvalue weighted by Crippen LogP contribution is -2.32. The van der Waals surface area contributed by atoms with Crippen LogP contribution in [-0.2, 0) is 4.74 Å². The molecule has 0 saturated heterocycles. The molecule has 0 atom stereocenters. The minimum absolute atomic E-state index is 0.262. The number of nitrogens with two attached hydrogens (primary N) is 1. The summed E-state index contributed by atoms with van der Waals surface area (Å²) in [5, 5.41) is 2.56. The lowest BCUT2D eigenvalue weighted by Gasteiger charge is -2.19. The first-order chi connectivity index (χ1) is 9.20. The van der Waals surface area contributed by atoms with E-state index in [2.05, 4.69) is 5.32 Å². The molecular formula is C15H21FN2O2. The van der Waals surface area contributed by atoms with Crippen LogP contribution in [0.4, 0.5) is 14.9 Å². The Labute approximate surface area is 118 Å². The molecule has 0 aliphatic rings. The fourth-order valence-corrected chi connectivity index (χ4v) is 1.49. The predicted molar refractivity (Wildman–Crippen MR) is 78.8 cm³/mol. The van der Waals surface area contributed by atoms with Gasteiger partial charge in [0.05, 0.1) is 0 Å². The molecule has 3 N–H and O–H groups in total. The van der Waals surface area contributed by atoms with Crippen molar-refractivity contribution in [2.45, 2.75) is 33.3 Å². The molecule has 0 bridgehead atoms. The van der Waals surface area contributed by atoms with Gasteiger partial charge in [-0.05, 0) is 39.8 Å². The molecule has 20 heavy (non-hydrogen) atoms. The maximum atomic E-state index is 13.8. The number of rotatable bonds is 3. The Bertz CT molecular complexity index is 519. The third kappa shape index (κ3) is 4.91. The van der Waals surface area contributed by atoms with E-state index in [1.807, 2.05) is 0 Å². The van der Waals surface area contributed by atoms with Gasteiger partial charge in [0, 0.05) is 23.4 Å². The second-order valence-corrected chi connectivity index (χ2v) is 5.47. The average molecular weight is 280 g/mol. The van der Waals surface area contributed by atoms with Crippen LogP contribution < -0.4 is 11.1 Å². The van der Waals surface area contributed by atoms with Gasteiger partial charge >= 0.3 is 6.09 Å². The van der Waals surface area contributed by atoms with Crippen LogP contribution in [0.5, 0.6) is 0 Å². The summed E-state index contributed by atoms with van der Waals surface area (Å²) in [5.74, 6) is -0.349. The van der Waals surface area contributed by atoms with Gasteiger partial charge in [-0.3, -0.25) is 0 Å². The zero-order valence-corrected chi connectivity index (χ0v) is 12.3. The fourth-order valence-electron chi connectivity index (χ4n) is 1.49. The molecule has 1 aromatic rings. The topological polar surface area (TPSA) is 64.3 Å². The maximum Gasteiger partial charge on any atom is 0.407 e. The standard InChI is InChI=1S/C15H21FN2O2/c1-10-12(17)8-7-11(13(10)16)6-5-9-18-14(19)20-15(2,3)4/h5-8H,9,17H2,1-4H3,(H,18,19). The lowest BCUT2D eigenvalue weighted by molar-refractivity contribution is 0.0534. The van der Waals surface area contributed by atoms with E-state index >= 15 is 0 Å². The highest BCUT2D eigenvalue weighted by Gasteiger charge is 2.15. The number of nitrogen functional groups attached to an aromatic ring is 1. The number of alkyl carbamates (subject to hydrolysis) is 1. The Balaban J connectivity index is 2.54. The van der Waals surface area contributed by atoms with Crippen LogP contribution in [0.1, 0.15) is 31.9 Å². The lowest BCUT2D eigenvalue weighted by atomic mass is 10.1. The summed E-state index contributed by atoms with van der Waals surface area (Å²) in [6.07, 6.45) is 2.74. The molecule has 110 valence electrons. The van der Waals surface area contributed by atoms with Crippen LogP contribution in [-0.4, -0.2) is 18.2 Å². The highest BCUT2D eigenvalue weighted by molar-refractivity contribution is 5.68. The molecule has 4 nitrogen and oxygen atoms in total. The number of halogens is 1. The largest absolute Gasteiger partial charge is 0.444 e. The quantitative estimate of drug-likeness (QED) is 0.835. The number of anilines is 1. The monoisotopic (exact) mass is 280 g/mol. The summed E-state index contributed by atoms with van der Waals surface area (Å²) in [5.41, 5.74) is 6.35. The molecule has 0 aromatic heterocycles. The van der Waals surface area contributed by atoms with Crippen LogP contribution in [0.3, 0.4) is 0 Å². The number of carbonyl (C=O) groups is 1. The molecule has 0 unspecified atom stereocenters. The van der Waals surface area contributed by atoms with Gasteiger partial charge in [-0.2, -0.15) is 0 Å². The molecule has 0 spiro atoms. The van der Waals surface area contributed by atoms with E-state index in [1.54, 1.807) is 52.0 Å². The van der Waals surface area contributed by atoms with E-state index in [0.717, 1.165) is 0 Å². The number of nitrogens with one attached hydrogen (secondary N) is 1. The predicted octanol–water partition coefficient (Wildman–Crippen LogP) is 3.25. The molecule has 0 aliphatic heterocycles. The minimum atomic E-state index is -0.534. The van der Waals surface area contributed by atoms with E-state index in [0.29, 0.717) is 16.8 Å². The third-order valence-corrected chi connectivity index (χ3v) is 2.52. The number of hydrogen-bond acceptors (Lipinski definition) is 3. The van der Waals surface area contributed by atoms with E-state index in [1.165, 1.54) is 0 Å². The summed E-state index contributed by atoms with van der Waals surface area (Å²) in [6.45, 7) is 7.25. The van der Waals surface area contributed by atoms with Crippen LogP contribution in [0.15, 0.2) is 18.2 Å². The summed E-state index contributed by atoms with van der Waals surface area (Å²) in [7, 11) is 0. The number of carbonyl (C=O) groups excluding carboxylic acids is 1. The Kier molecular flexibility index (Phi) is 5.13. The van der Waals surface area contributed by atoms with Gasteiger partial charge in [0.2, 0.25) is 0 Å². The molecule has 0 saturated carbocycles. The first-order valence-electron chi connectivity index (χ1n) is 6.38. The highest BCUT2D eigenvalue weighted by atomic mass is 19.1. The summed E-state index contributed by atoms with van der Waals surface area (Å²) >= 11 is 0. The van der Waals surface area contributed by atoms with Crippen LogP contribution in [0.2, 0.25) is 0 Å². The van der Waals surface area contributed by atoms with Gasteiger partial charge in [0.1, 0.15) is 11.4 Å². The van der Waals surface area contributed by atoms with Gasteiger partial charge in [-0.15, -0.1) is 0 Å². The van der Waals surface area contributed by atoms with Gasteiger partial charge in [0.15, 0.2) is 0 Å². The van der Waals surface area contributed by atoms with Crippen molar-refractivity contribution in [1.29, 1.82) is 0 Å². The SMILES string of the molecule is Cc1c(N)ccc(C=CCNC(=O)OC(C)(C)C)c1F. The first-order valence-corrected chi connectivity index (χ1v) is 6.38. The Morgan fingerprint density at radius 1 is 1.45 bits per heavy atom. The van der Waals surface area contributed by atoms with Crippen LogP contribution in [0.25, 0.3) is 6.08 Å². The Morgan fingerprint density at radius 2 is 2.10 bits per heavy atom. The van der Waals surface area contributed by atoms with Gasteiger partial charge < -0.3 is 15.8 Å². The maximum absolute atomic E-state index is 13.8. The second kappa shape index (κ2) is 6.41. The molecule has 1 rings (SSSR count). The van der Waals surface area contributed by atoms with Crippen LogP contribution in [0, 0.1) is 12.7 Å². The van der Waals surface area contributed by atoms with Gasteiger partial charge in [0.25, 0.3) is 0 Å². The van der Waals surface area contributed by atoms with Crippen molar-refractivity contribution in [3.63, 3.8) is 0 Å². The number of hydrogen-bond donors (Lipinski definition) is 2. The zero-order chi connectivity index (χ0) is 15.3. The molecule has 0 radical (unpaired) electrons. The van der Waals surface area contributed by atoms with Crippen LogP contribution >= 0.6 is 0 Å². The zero-order valence-electron chi connectivity index (χ0n) is 12.3. The fraction of sp³-hybridized carbons (Fsp3) is 0.400. The number of benzene rings is 1. The molecule has 0 fully saturated rings. The van der Waals surface area contributed by atoms with E-state index in [9.17, 15) is 9.18 Å². The highest BCUT2D eigenvalue weighted by Crippen LogP contribution is 2.19. The smallest absolute Gasteiger partial charge is 0.407 e. The third-order valence-electron chi connectivity index (χ3n) is 2.52. The molecular weight excluding hydrogens is 259 g/mol. The van der Waals surface area contributed by atoms with Crippen molar-refractivity contribution in [1.82, 2.24) is 5.32 Å². The van der Waals surface area contributed by atoms with Gasteiger partial charge in [-0.25, -0.2) is 9.18 Å². The van der Waals surface area contributed by atoms with Crippen molar-refractivity contribution in [2.75, 3.05) is 12.3 Å². The number of amides is 1. The second-order valence-electron chi connectivity index (χ2n) is 5.47. The van der Waals surface area contributed by atoms with E-state index < -0.39 is 11.7 Å². The van der Waals surface area contributed by atoms with E-state index in [-0.39, 0.29) is 12.4 Å². The van der Waals surface area contributed by atoms with Gasteiger partial charge in [-0.1, -0.05) is 12.2 Å². The molecule has 1 aromatic carbocycles. The normalized spacial score (nSPS) is 11.7. The molecule has 1 amide bonds. The Morgan fingerprint density at radius 3 is 2.70 bits per heavy atom. The summed E-state index contributed by atoms with van der Waals surface area (Å²) < 4.78 is 18.9. The summed E-state index contributed by atoms with van der Waals surface area (Å²) in [4.78, 5) is 11.4. The Hall–Kier alpha value is -2.04. The van der Waals surface area contributed by atoms with Crippen molar-refractivity contribution >= 4 is 17.9 Å². The summed E-state index contributed by atoms with van der Waals surface area (Å²) in [6, 6.07) is 3.25. The van der Waals surface area contributed by atoms with Crippen molar-refractivity contribution in [3.05, 3.63) is 35.2 Å². The van der Waals surface area contributed by atoms with Crippen molar-refractivity contribution in [2.24, 2.45) is 0 Å². The van der Waals surface area contributed by atoms with Crippen molar-refractivity contribution < 1.29 is 13.9 Å². The molecule has 5 heteroatoms. The number of ether oxygens (including phenoxy) is 1. The minimum Gasteiger partial charge on any atom is -0.444 e. The van der Waals surface area contributed by atoms with E-state index in [4.69, 9.17) is 10.5 Å². The van der Waals surface area contributed by atoms with Crippen molar-refractivity contribution in [3.8, 4) is 0 Å².